The van der Waals surface area contributed by atoms with Crippen LogP contribution in [0, 0.1) is 0 Å². The summed E-state index contributed by atoms with van der Waals surface area (Å²) in [6.45, 7) is 8.57. The average molecular weight is 367 g/mol. The second-order valence-corrected chi connectivity index (χ2v) is 7.12. The first-order valence-electron chi connectivity index (χ1n) is 9.41. The number of ether oxygens (including phenoxy) is 2. The molecule has 7 heteroatoms. The van der Waals surface area contributed by atoms with Gasteiger partial charge in [-0.3, -0.25) is 9.67 Å². The summed E-state index contributed by atoms with van der Waals surface area (Å²) in [4.78, 5) is 9.29. The van der Waals surface area contributed by atoms with Crippen LogP contribution in [0.3, 0.4) is 0 Å². The molecule has 27 heavy (non-hydrogen) atoms. The van der Waals surface area contributed by atoms with E-state index in [1.165, 1.54) is 0 Å². The number of rotatable bonds is 5. The third-order valence-corrected chi connectivity index (χ3v) is 4.77. The Morgan fingerprint density at radius 2 is 2.22 bits per heavy atom. The third kappa shape index (κ3) is 3.79. The molecule has 0 aromatic carbocycles. The van der Waals surface area contributed by atoms with Crippen molar-refractivity contribution in [2.24, 2.45) is 0 Å². The van der Waals surface area contributed by atoms with E-state index < -0.39 is 0 Å². The van der Waals surface area contributed by atoms with Gasteiger partial charge in [-0.05, 0) is 39.0 Å². The second-order valence-electron chi connectivity index (χ2n) is 7.12. The van der Waals surface area contributed by atoms with Crippen molar-refractivity contribution >= 4 is 10.9 Å². The SMILES string of the molecule is CC(C)n1cc(-c2cc3ncccc3c(O[C@H](C)[C@@H]3CNCCO3)n2)cn1. The molecule has 1 aliphatic heterocycles. The second kappa shape index (κ2) is 7.62. The summed E-state index contributed by atoms with van der Waals surface area (Å²) in [5, 5.41) is 8.66. The quantitative estimate of drug-likeness (QED) is 0.747. The van der Waals surface area contributed by atoms with E-state index in [-0.39, 0.29) is 12.2 Å². The molecule has 7 nitrogen and oxygen atoms in total. The highest BCUT2D eigenvalue weighted by molar-refractivity contribution is 5.86. The van der Waals surface area contributed by atoms with Crippen molar-refractivity contribution < 1.29 is 9.47 Å². The molecule has 1 fully saturated rings. The molecule has 3 aromatic rings. The van der Waals surface area contributed by atoms with Gasteiger partial charge >= 0.3 is 0 Å². The number of hydrogen-bond acceptors (Lipinski definition) is 6. The fourth-order valence-corrected chi connectivity index (χ4v) is 3.17. The Kier molecular flexibility index (Phi) is 5.05. The zero-order chi connectivity index (χ0) is 18.8. The Balaban J connectivity index is 1.69. The molecular formula is C20H25N5O2. The number of pyridine rings is 2. The average Bonchev–Trinajstić information content (AvgIpc) is 3.19. The Morgan fingerprint density at radius 3 is 2.96 bits per heavy atom. The van der Waals surface area contributed by atoms with E-state index in [1.54, 1.807) is 6.20 Å². The predicted molar refractivity (Wildman–Crippen MR) is 104 cm³/mol. The lowest BCUT2D eigenvalue weighted by Crippen LogP contribution is -2.46. The highest BCUT2D eigenvalue weighted by Crippen LogP contribution is 2.29. The maximum atomic E-state index is 6.24. The monoisotopic (exact) mass is 367 g/mol. The summed E-state index contributed by atoms with van der Waals surface area (Å²) in [5.41, 5.74) is 2.60. The van der Waals surface area contributed by atoms with E-state index in [0.29, 0.717) is 18.5 Å². The van der Waals surface area contributed by atoms with E-state index in [9.17, 15) is 0 Å². The molecule has 4 rings (SSSR count). The summed E-state index contributed by atoms with van der Waals surface area (Å²) in [7, 11) is 0. The van der Waals surface area contributed by atoms with Crippen molar-refractivity contribution in [1.82, 2.24) is 25.1 Å². The lowest BCUT2D eigenvalue weighted by Gasteiger charge is -2.29. The van der Waals surface area contributed by atoms with Gasteiger partial charge in [0, 0.05) is 37.1 Å². The van der Waals surface area contributed by atoms with Crippen molar-refractivity contribution in [2.45, 2.75) is 39.0 Å². The molecule has 0 saturated carbocycles. The summed E-state index contributed by atoms with van der Waals surface area (Å²) >= 11 is 0. The van der Waals surface area contributed by atoms with Crippen molar-refractivity contribution in [3.05, 3.63) is 36.8 Å². The van der Waals surface area contributed by atoms with Crippen LogP contribution in [-0.4, -0.2) is 51.7 Å². The summed E-state index contributed by atoms with van der Waals surface area (Å²) in [5.74, 6) is 0.578. The lowest BCUT2D eigenvalue weighted by atomic mass is 10.1. The van der Waals surface area contributed by atoms with Crippen LogP contribution in [0.2, 0.25) is 0 Å². The molecule has 0 bridgehead atoms. The largest absolute Gasteiger partial charge is 0.471 e. The van der Waals surface area contributed by atoms with Crippen molar-refractivity contribution in [2.75, 3.05) is 19.7 Å². The van der Waals surface area contributed by atoms with Crippen molar-refractivity contribution in [1.29, 1.82) is 0 Å². The van der Waals surface area contributed by atoms with E-state index in [0.717, 1.165) is 35.2 Å². The first-order valence-corrected chi connectivity index (χ1v) is 9.41. The fourth-order valence-electron chi connectivity index (χ4n) is 3.17. The minimum absolute atomic E-state index is 0.000353. The van der Waals surface area contributed by atoms with Gasteiger partial charge < -0.3 is 14.8 Å². The summed E-state index contributed by atoms with van der Waals surface area (Å²) < 4.78 is 14.0. The maximum absolute atomic E-state index is 6.24. The van der Waals surface area contributed by atoms with Crippen LogP contribution in [0.4, 0.5) is 0 Å². The number of nitrogens with zero attached hydrogens (tertiary/aromatic N) is 4. The van der Waals surface area contributed by atoms with Gasteiger partial charge in [0.2, 0.25) is 5.88 Å². The zero-order valence-electron chi connectivity index (χ0n) is 15.9. The Morgan fingerprint density at radius 1 is 1.33 bits per heavy atom. The van der Waals surface area contributed by atoms with E-state index >= 15 is 0 Å². The predicted octanol–water partition coefficient (Wildman–Crippen LogP) is 2.83. The summed E-state index contributed by atoms with van der Waals surface area (Å²) in [6.07, 6.45) is 5.49. The van der Waals surface area contributed by atoms with Crippen LogP contribution in [0.5, 0.6) is 5.88 Å². The smallest absolute Gasteiger partial charge is 0.223 e. The van der Waals surface area contributed by atoms with Gasteiger partial charge in [0.1, 0.15) is 12.2 Å². The van der Waals surface area contributed by atoms with Crippen molar-refractivity contribution in [3.63, 3.8) is 0 Å². The van der Waals surface area contributed by atoms with Gasteiger partial charge in [0.25, 0.3) is 0 Å². The van der Waals surface area contributed by atoms with Gasteiger partial charge in [0.15, 0.2) is 0 Å². The molecule has 4 heterocycles. The minimum atomic E-state index is -0.123. The molecule has 0 amide bonds. The van der Waals surface area contributed by atoms with E-state index in [1.807, 2.05) is 42.2 Å². The Bertz CT molecular complexity index is 918. The molecule has 3 aromatic heterocycles. The van der Waals surface area contributed by atoms with E-state index in [4.69, 9.17) is 14.5 Å². The van der Waals surface area contributed by atoms with Gasteiger partial charge in [-0.1, -0.05) is 0 Å². The molecule has 0 radical (unpaired) electrons. The van der Waals surface area contributed by atoms with Gasteiger partial charge in [0.05, 0.1) is 29.4 Å². The number of aromatic nitrogens is 4. The number of nitrogens with one attached hydrogen (secondary N) is 1. The van der Waals surface area contributed by atoms with Gasteiger partial charge in [-0.25, -0.2) is 4.98 Å². The Labute approximate surface area is 158 Å². The highest BCUT2D eigenvalue weighted by atomic mass is 16.5. The molecule has 1 aliphatic rings. The number of hydrogen-bond donors (Lipinski definition) is 1. The summed E-state index contributed by atoms with van der Waals surface area (Å²) in [6, 6.07) is 6.16. The number of morpholine rings is 1. The van der Waals surface area contributed by atoms with Gasteiger partial charge in [-0.15, -0.1) is 0 Å². The van der Waals surface area contributed by atoms with Crippen LogP contribution in [0.25, 0.3) is 22.2 Å². The van der Waals surface area contributed by atoms with Crippen LogP contribution in [0.1, 0.15) is 26.8 Å². The number of fused-ring (bicyclic) bond motifs is 1. The van der Waals surface area contributed by atoms with Crippen LogP contribution < -0.4 is 10.1 Å². The molecule has 0 spiro atoms. The third-order valence-electron chi connectivity index (χ3n) is 4.77. The molecule has 1 saturated heterocycles. The van der Waals surface area contributed by atoms with Crippen LogP contribution >= 0.6 is 0 Å². The van der Waals surface area contributed by atoms with Gasteiger partial charge in [-0.2, -0.15) is 5.10 Å². The fraction of sp³-hybridized carbons (Fsp3) is 0.450. The first-order chi connectivity index (χ1) is 13.1. The molecular weight excluding hydrogens is 342 g/mol. The first kappa shape index (κ1) is 17.9. The highest BCUT2D eigenvalue weighted by Gasteiger charge is 2.23. The standard InChI is InChI=1S/C20H25N5O2/c1-13(2)25-12-15(10-23-25)17-9-18-16(5-4-6-22-18)20(24-17)27-14(3)19-11-21-7-8-26-19/h4-6,9-10,12-14,19,21H,7-8,11H2,1-3H3/t14-,19+/m1/s1. The zero-order valence-corrected chi connectivity index (χ0v) is 15.9. The molecule has 2 atom stereocenters. The minimum Gasteiger partial charge on any atom is -0.471 e. The molecule has 0 unspecified atom stereocenters. The molecule has 1 N–H and O–H groups in total. The topological polar surface area (TPSA) is 74.1 Å². The lowest BCUT2D eigenvalue weighted by molar-refractivity contribution is -0.0357. The normalized spacial score (nSPS) is 18.7. The molecule has 0 aliphatic carbocycles. The van der Waals surface area contributed by atoms with E-state index in [2.05, 4.69) is 29.2 Å². The maximum Gasteiger partial charge on any atom is 0.223 e. The Hall–Kier alpha value is -2.51. The molecule has 142 valence electrons. The van der Waals surface area contributed by atoms with Crippen LogP contribution in [0.15, 0.2) is 36.8 Å². The van der Waals surface area contributed by atoms with Crippen LogP contribution in [-0.2, 0) is 4.74 Å². The van der Waals surface area contributed by atoms with Crippen molar-refractivity contribution in [3.8, 4) is 17.1 Å².